The van der Waals surface area contributed by atoms with Crippen molar-refractivity contribution in [1.82, 2.24) is 10.1 Å². The van der Waals surface area contributed by atoms with Crippen LogP contribution in [-0.2, 0) is 0 Å². The number of hydrogen-bond donors (Lipinski definition) is 1. The number of benzene rings is 2. The van der Waals surface area contributed by atoms with Gasteiger partial charge in [-0.2, -0.15) is 4.98 Å². The predicted octanol–water partition coefficient (Wildman–Crippen LogP) is 3.30. The van der Waals surface area contributed by atoms with Gasteiger partial charge in [0.05, 0.1) is 12.7 Å². The highest BCUT2D eigenvalue weighted by Crippen LogP contribution is 2.28. The lowest BCUT2D eigenvalue weighted by atomic mass is 10.1. The Hall–Kier alpha value is -2.82. The third-order valence-electron chi connectivity index (χ3n) is 3.21. The number of aryl methyl sites for hydroxylation is 1. The minimum Gasteiger partial charge on any atom is -0.497 e. The van der Waals surface area contributed by atoms with Crippen LogP contribution in [0.3, 0.4) is 0 Å². The molecular formula is C16H15N3O2. The van der Waals surface area contributed by atoms with E-state index in [-0.39, 0.29) is 0 Å². The topological polar surface area (TPSA) is 74.2 Å². The van der Waals surface area contributed by atoms with Crippen LogP contribution in [0.2, 0.25) is 0 Å². The first-order chi connectivity index (χ1) is 10.2. The number of ether oxygens (including phenoxy) is 1. The summed E-state index contributed by atoms with van der Waals surface area (Å²) in [6, 6.07) is 13.2. The normalized spacial score (nSPS) is 10.6. The van der Waals surface area contributed by atoms with Crippen molar-refractivity contribution in [3.8, 4) is 28.6 Å². The molecule has 0 saturated heterocycles. The van der Waals surface area contributed by atoms with Crippen molar-refractivity contribution in [2.45, 2.75) is 6.92 Å². The van der Waals surface area contributed by atoms with E-state index in [1.165, 1.54) is 0 Å². The van der Waals surface area contributed by atoms with E-state index >= 15 is 0 Å². The summed E-state index contributed by atoms with van der Waals surface area (Å²) in [5.74, 6) is 1.72. The van der Waals surface area contributed by atoms with E-state index in [0.717, 1.165) is 22.4 Å². The molecule has 21 heavy (non-hydrogen) atoms. The van der Waals surface area contributed by atoms with Gasteiger partial charge in [0.1, 0.15) is 5.75 Å². The Morgan fingerprint density at radius 1 is 1.10 bits per heavy atom. The molecule has 0 aliphatic carbocycles. The zero-order valence-corrected chi connectivity index (χ0v) is 11.8. The third kappa shape index (κ3) is 2.58. The number of nitrogen functional groups attached to an aromatic ring is 1. The molecule has 2 N–H and O–H groups in total. The molecule has 0 radical (unpaired) electrons. The van der Waals surface area contributed by atoms with Crippen LogP contribution in [0, 0.1) is 6.92 Å². The van der Waals surface area contributed by atoms with Gasteiger partial charge in [0.15, 0.2) is 0 Å². The lowest BCUT2D eigenvalue weighted by Gasteiger charge is -2.01. The number of nitrogens with two attached hydrogens (primary N) is 1. The van der Waals surface area contributed by atoms with E-state index in [0.29, 0.717) is 17.4 Å². The van der Waals surface area contributed by atoms with E-state index in [4.69, 9.17) is 15.0 Å². The fraction of sp³-hybridized carbons (Fsp3) is 0.125. The molecule has 5 nitrogen and oxygen atoms in total. The van der Waals surface area contributed by atoms with Gasteiger partial charge in [0, 0.05) is 11.3 Å². The van der Waals surface area contributed by atoms with Gasteiger partial charge in [-0.3, -0.25) is 0 Å². The van der Waals surface area contributed by atoms with Crippen LogP contribution in [0.1, 0.15) is 5.56 Å². The first kappa shape index (κ1) is 13.2. The van der Waals surface area contributed by atoms with Crippen LogP contribution < -0.4 is 10.5 Å². The molecule has 0 atom stereocenters. The fourth-order valence-electron chi connectivity index (χ4n) is 2.05. The van der Waals surface area contributed by atoms with Crippen molar-refractivity contribution in [2.24, 2.45) is 0 Å². The number of hydrogen-bond acceptors (Lipinski definition) is 5. The predicted molar refractivity (Wildman–Crippen MR) is 80.9 cm³/mol. The largest absolute Gasteiger partial charge is 0.497 e. The highest BCUT2D eigenvalue weighted by atomic mass is 16.5. The zero-order chi connectivity index (χ0) is 14.8. The van der Waals surface area contributed by atoms with Gasteiger partial charge in [-0.25, -0.2) is 0 Å². The number of rotatable bonds is 3. The van der Waals surface area contributed by atoms with E-state index in [9.17, 15) is 0 Å². The molecule has 0 aliphatic heterocycles. The summed E-state index contributed by atoms with van der Waals surface area (Å²) in [6.07, 6.45) is 0. The summed E-state index contributed by atoms with van der Waals surface area (Å²) in [5.41, 5.74) is 9.28. The Labute approximate surface area is 122 Å². The standard InChI is InChI=1S/C16H15N3O2/c1-10-3-8-14(17)13(9-10)16-18-15(19-21-16)11-4-6-12(20-2)7-5-11/h3-9H,17H2,1-2H3. The molecule has 0 amide bonds. The zero-order valence-electron chi connectivity index (χ0n) is 11.8. The molecule has 0 saturated carbocycles. The second kappa shape index (κ2) is 5.28. The van der Waals surface area contributed by atoms with Gasteiger partial charge >= 0.3 is 0 Å². The molecule has 0 fully saturated rings. The average Bonchev–Trinajstić information content (AvgIpc) is 2.99. The van der Waals surface area contributed by atoms with Crippen LogP contribution >= 0.6 is 0 Å². The Bertz CT molecular complexity index is 763. The van der Waals surface area contributed by atoms with Gasteiger partial charge in [-0.1, -0.05) is 16.8 Å². The van der Waals surface area contributed by atoms with Crippen LogP contribution in [0.15, 0.2) is 47.0 Å². The van der Waals surface area contributed by atoms with Gasteiger partial charge in [-0.05, 0) is 43.3 Å². The van der Waals surface area contributed by atoms with E-state index < -0.39 is 0 Å². The van der Waals surface area contributed by atoms with Crippen LogP contribution in [0.5, 0.6) is 5.75 Å². The Kier molecular flexibility index (Phi) is 3.31. The van der Waals surface area contributed by atoms with E-state index in [1.807, 2.05) is 49.4 Å². The maximum Gasteiger partial charge on any atom is 0.260 e. The SMILES string of the molecule is COc1ccc(-c2noc(-c3cc(C)ccc3N)n2)cc1. The molecule has 1 aromatic heterocycles. The maximum absolute atomic E-state index is 5.96. The highest BCUT2D eigenvalue weighted by Gasteiger charge is 2.13. The Morgan fingerprint density at radius 3 is 2.57 bits per heavy atom. The quantitative estimate of drug-likeness (QED) is 0.745. The van der Waals surface area contributed by atoms with Crippen molar-refractivity contribution in [1.29, 1.82) is 0 Å². The molecule has 3 rings (SSSR count). The second-order valence-electron chi connectivity index (χ2n) is 4.74. The molecule has 0 bridgehead atoms. The van der Waals surface area contributed by atoms with Crippen LogP contribution in [0.25, 0.3) is 22.8 Å². The molecule has 1 heterocycles. The second-order valence-corrected chi connectivity index (χ2v) is 4.74. The summed E-state index contributed by atoms with van der Waals surface area (Å²) in [5, 5.41) is 4.01. The maximum atomic E-state index is 5.96. The van der Waals surface area contributed by atoms with Crippen molar-refractivity contribution >= 4 is 5.69 Å². The van der Waals surface area contributed by atoms with Crippen molar-refractivity contribution in [3.63, 3.8) is 0 Å². The van der Waals surface area contributed by atoms with Crippen molar-refractivity contribution < 1.29 is 9.26 Å². The molecular weight excluding hydrogens is 266 g/mol. The fourth-order valence-corrected chi connectivity index (χ4v) is 2.05. The van der Waals surface area contributed by atoms with Gasteiger partial charge < -0.3 is 15.0 Å². The first-order valence-corrected chi connectivity index (χ1v) is 6.52. The number of aromatic nitrogens is 2. The molecule has 106 valence electrons. The smallest absolute Gasteiger partial charge is 0.260 e. The Balaban J connectivity index is 1.97. The lowest BCUT2D eigenvalue weighted by molar-refractivity contribution is 0.415. The van der Waals surface area contributed by atoms with Gasteiger partial charge in [-0.15, -0.1) is 0 Å². The molecule has 0 unspecified atom stereocenters. The van der Waals surface area contributed by atoms with Gasteiger partial charge in [0.25, 0.3) is 5.89 Å². The van der Waals surface area contributed by atoms with E-state index in [2.05, 4.69) is 10.1 Å². The van der Waals surface area contributed by atoms with E-state index in [1.54, 1.807) is 7.11 Å². The molecule has 0 aliphatic rings. The minimum atomic E-state index is 0.419. The van der Waals surface area contributed by atoms with Gasteiger partial charge in [0.2, 0.25) is 5.82 Å². The first-order valence-electron chi connectivity index (χ1n) is 6.52. The lowest BCUT2D eigenvalue weighted by Crippen LogP contribution is -1.91. The number of nitrogens with zero attached hydrogens (tertiary/aromatic N) is 2. The summed E-state index contributed by atoms with van der Waals surface area (Å²) in [7, 11) is 1.63. The number of anilines is 1. The Morgan fingerprint density at radius 2 is 1.86 bits per heavy atom. The summed E-state index contributed by atoms with van der Waals surface area (Å²) >= 11 is 0. The number of methoxy groups -OCH3 is 1. The van der Waals surface area contributed by atoms with Crippen LogP contribution in [0.4, 0.5) is 5.69 Å². The van der Waals surface area contributed by atoms with Crippen LogP contribution in [-0.4, -0.2) is 17.3 Å². The molecule has 3 aromatic rings. The molecule has 0 spiro atoms. The summed E-state index contributed by atoms with van der Waals surface area (Å²) in [4.78, 5) is 4.41. The minimum absolute atomic E-state index is 0.419. The molecule has 5 heteroatoms. The highest BCUT2D eigenvalue weighted by molar-refractivity contribution is 5.72. The molecule has 2 aromatic carbocycles. The monoisotopic (exact) mass is 281 g/mol. The average molecular weight is 281 g/mol. The summed E-state index contributed by atoms with van der Waals surface area (Å²) < 4.78 is 10.5. The van der Waals surface area contributed by atoms with Crippen molar-refractivity contribution in [3.05, 3.63) is 48.0 Å². The van der Waals surface area contributed by atoms with Crippen molar-refractivity contribution in [2.75, 3.05) is 12.8 Å². The summed E-state index contributed by atoms with van der Waals surface area (Å²) in [6.45, 7) is 1.99. The third-order valence-corrected chi connectivity index (χ3v) is 3.21.